The second kappa shape index (κ2) is 6.68. The molecule has 5 rings (SSSR count). The van der Waals surface area contributed by atoms with Crippen LogP contribution in [0.2, 0.25) is 0 Å². The lowest BCUT2D eigenvalue weighted by molar-refractivity contribution is -0.242. The quantitative estimate of drug-likeness (QED) is 0.729. The Bertz CT molecular complexity index is 559. The maximum Gasteiger partial charge on any atom is 0.168 e. The first-order chi connectivity index (χ1) is 13.1. The average Bonchev–Trinajstić information content (AvgIpc) is 3.26. The van der Waals surface area contributed by atoms with E-state index in [1.165, 1.54) is 44.9 Å². The Hall–Kier alpha value is -0.160. The number of methoxy groups -OCH3 is 2. The fourth-order valence-electron chi connectivity index (χ4n) is 8.65. The van der Waals surface area contributed by atoms with Crippen molar-refractivity contribution >= 4 is 0 Å². The third-order valence-corrected chi connectivity index (χ3v) is 9.79. The van der Waals surface area contributed by atoms with Gasteiger partial charge in [0.15, 0.2) is 5.79 Å². The summed E-state index contributed by atoms with van der Waals surface area (Å²) in [7, 11) is 3.84. The fraction of sp³-hybridized carbons (Fsp3) is 1.00. The number of fused-ring (bicyclic) bond motifs is 5. The van der Waals surface area contributed by atoms with Gasteiger partial charge in [-0.25, -0.2) is 0 Å². The van der Waals surface area contributed by atoms with E-state index in [0.29, 0.717) is 22.9 Å². The van der Waals surface area contributed by atoms with Gasteiger partial charge in [0.2, 0.25) is 0 Å². The first-order valence-electron chi connectivity index (χ1n) is 11.4. The largest absolute Gasteiger partial charge is 0.384 e. The number of hydrogen-bond acceptors (Lipinski definition) is 4. The van der Waals surface area contributed by atoms with E-state index in [9.17, 15) is 0 Å². The molecule has 0 radical (unpaired) electrons. The average molecular weight is 379 g/mol. The van der Waals surface area contributed by atoms with E-state index >= 15 is 0 Å². The van der Waals surface area contributed by atoms with E-state index in [2.05, 4.69) is 6.92 Å². The van der Waals surface area contributed by atoms with Gasteiger partial charge in [-0.1, -0.05) is 6.92 Å². The first-order valence-corrected chi connectivity index (χ1v) is 11.4. The molecule has 5 aliphatic rings. The van der Waals surface area contributed by atoms with Crippen LogP contribution in [0.4, 0.5) is 0 Å². The van der Waals surface area contributed by atoms with Crippen molar-refractivity contribution in [1.29, 1.82) is 0 Å². The molecule has 1 aliphatic heterocycles. The standard InChI is InChI=1S/C23H38O4/c1-21-9-8-19-17(18(21)6-7-20(21)25-3)5-4-16-14-23(26-12-13-27-23)11-10-22(16,19)15-24-2/h16-20H,4-15H2,1-3H3/t16-,17-,18-,19-,20-,21-,22+/m0/s1. The maximum atomic E-state index is 6.12. The Labute approximate surface area is 164 Å². The van der Waals surface area contributed by atoms with Gasteiger partial charge < -0.3 is 18.9 Å². The Kier molecular flexibility index (Phi) is 4.66. The topological polar surface area (TPSA) is 36.9 Å². The zero-order valence-electron chi connectivity index (χ0n) is 17.5. The van der Waals surface area contributed by atoms with Crippen LogP contribution in [-0.4, -0.2) is 45.9 Å². The van der Waals surface area contributed by atoms with Crippen molar-refractivity contribution in [1.82, 2.24) is 0 Å². The molecular formula is C23H38O4. The molecule has 1 spiro atoms. The van der Waals surface area contributed by atoms with E-state index in [1.807, 2.05) is 14.2 Å². The van der Waals surface area contributed by atoms with Crippen molar-refractivity contribution in [3.05, 3.63) is 0 Å². The van der Waals surface area contributed by atoms with Crippen LogP contribution in [0.15, 0.2) is 0 Å². The molecule has 4 aliphatic carbocycles. The second-order valence-corrected chi connectivity index (χ2v) is 10.5. The number of rotatable bonds is 3. The van der Waals surface area contributed by atoms with Crippen LogP contribution in [0.25, 0.3) is 0 Å². The summed E-state index contributed by atoms with van der Waals surface area (Å²) in [5.41, 5.74) is 0.731. The molecule has 0 bridgehead atoms. The van der Waals surface area contributed by atoms with Crippen molar-refractivity contribution in [3.63, 3.8) is 0 Å². The minimum atomic E-state index is -0.271. The van der Waals surface area contributed by atoms with Gasteiger partial charge in [0.05, 0.1) is 25.9 Å². The molecule has 154 valence electrons. The van der Waals surface area contributed by atoms with Gasteiger partial charge in [0.1, 0.15) is 0 Å². The smallest absolute Gasteiger partial charge is 0.168 e. The molecule has 0 aromatic heterocycles. The summed E-state index contributed by atoms with van der Waals surface area (Å²) in [6, 6.07) is 0. The summed E-state index contributed by atoms with van der Waals surface area (Å²) < 4.78 is 24.1. The zero-order valence-corrected chi connectivity index (χ0v) is 17.5. The molecule has 0 N–H and O–H groups in total. The minimum absolute atomic E-state index is 0.271. The van der Waals surface area contributed by atoms with Gasteiger partial charge in [-0.3, -0.25) is 0 Å². The SMILES string of the molecule is COC[C@]12CCC3(C[C@@H]1CC[C@H]1[C@@H]4CC[C@H](OC)[C@@]4(C)CC[C@@H]12)OCCO3. The Balaban J connectivity index is 1.43. The second-order valence-electron chi connectivity index (χ2n) is 10.5. The van der Waals surface area contributed by atoms with Crippen molar-refractivity contribution in [2.45, 2.75) is 76.6 Å². The molecule has 27 heavy (non-hydrogen) atoms. The lowest BCUT2D eigenvalue weighted by Crippen LogP contribution is -2.59. The van der Waals surface area contributed by atoms with Gasteiger partial charge in [-0.05, 0) is 74.0 Å². The third-order valence-electron chi connectivity index (χ3n) is 9.79. The summed E-state index contributed by atoms with van der Waals surface area (Å²) >= 11 is 0. The molecule has 4 saturated carbocycles. The fourth-order valence-corrected chi connectivity index (χ4v) is 8.65. The molecule has 5 fully saturated rings. The summed E-state index contributed by atoms with van der Waals surface area (Å²) in [4.78, 5) is 0. The molecule has 7 atom stereocenters. The summed E-state index contributed by atoms with van der Waals surface area (Å²) in [5.74, 6) is 2.92. The Morgan fingerprint density at radius 3 is 2.44 bits per heavy atom. The van der Waals surface area contributed by atoms with E-state index in [0.717, 1.165) is 50.4 Å². The normalized spacial score (nSPS) is 51.0. The zero-order chi connectivity index (χ0) is 18.7. The minimum Gasteiger partial charge on any atom is -0.384 e. The van der Waals surface area contributed by atoms with Crippen LogP contribution in [0, 0.1) is 34.5 Å². The highest BCUT2D eigenvalue weighted by Gasteiger charge is 2.63. The van der Waals surface area contributed by atoms with E-state index in [1.54, 1.807) is 0 Å². The highest BCUT2D eigenvalue weighted by molar-refractivity contribution is 5.11. The van der Waals surface area contributed by atoms with Crippen LogP contribution in [-0.2, 0) is 18.9 Å². The molecule has 4 nitrogen and oxygen atoms in total. The van der Waals surface area contributed by atoms with Crippen molar-refractivity contribution < 1.29 is 18.9 Å². The van der Waals surface area contributed by atoms with Crippen LogP contribution in [0.5, 0.6) is 0 Å². The van der Waals surface area contributed by atoms with Gasteiger partial charge in [0.25, 0.3) is 0 Å². The Morgan fingerprint density at radius 1 is 0.889 bits per heavy atom. The Morgan fingerprint density at radius 2 is 1.70 bits per heavy atom. The highest BCUT2D eigenvalue weighted by atomic mass is 16.7. The van der Waals surface area contributed by atoms with Crippen molar-refractivity contribution in [2.75, 3.05) is 34.0 Å². The van der Waals surface area contributed by atoms with Crippen LogP contribution < -0.4 is 0 Å². The summed E-state index contributed by atoms with van der Waals surface area (Å²) in [6.07, 6.45) is 11.8. The lowest BCUT2D eigenvalue weighted by Gasteiger charge is -2.62. The lowest BCUT2D eigenvalue weighted by atomic mass is 9.44. The van der Waals surface area contributed by atoms with Crippen molar-refractivity contribution in [3.8, 4) is 0 Å². The van der Waals surface area contributed by atoms with Crippen molar-refractivity contribution in [2.24, 2.45) is 34.5 Å². The predicted molar refractivity (Wildman–Crippen MR) is 103 cm³/mol. The van der Waals surface area contributed by atoms with Gasteiger partial charge in [-0.2, -0.15) is 0 Å². The van der Waals surface area contributed by atoms with Gasteiger partial charge in [-0.15, -0.1) is 0 Å². The third kappa shape index (κ3) is 2.62. The number of ether oxygens (including phenoxy) is 4. The van der Waals surface area contributed by atoms with Gasteiger partial charge >= 0.3 is 0 Å². The van der Waals surface area contributed by atoms with Crippen LogP contribution >= 0.6 is 0 Å². The van der Waals surface area contributed by atoms with E-state index < -0.39 is 0 Å². The van der Waals surface area contributed by atoms with Crippen LogP contribution in [0.3, 0.4) is 0 Å². The molecule has 0 amide bonds. The molecule has 1 saturated heterocycles. The van der Waals surface area contributed by atoms with E-state index in [4.69, 9.17) is 18.9 Å². The molecule has 4 heteroatoms. The molecule has 0 aromatic carbocycles. The predicted octanol–water partition coefficient (Wildman–Crippen LogP) is 4.41. The van der Waals surface area contributed by atoms with Crippen LogP contribution in [0.1, 0.15) is 64.7 Å². The molecule has 0 aromatic rings. The van der Waals surface area contributed by atoms with E-state index in [-0.39, 0.29) is 5.79 Å². The highest BCUT2D eigenvalue weighted by Crippen LogP contribution is 2.67. The molecular weight excluding hydrogens is 340 g/mol. The van der Waals surface area contributed by atoms with Gasteiger partial charge in [0, 0.05) is 32.5 Å². The monoisotopic (exact) mass is 378 g/mol. The summed E-state index contributed by atoms with van der Waals surface area (Å²) in [6.45, 7) is 5.00. The summed E-state index contributed by atoms with van der Waals surface area (Å²) in [5, 5.41) is 0. The maximum absolute atomic E-state index is 6.12. The molecule has 1 heterocycles. The number of hydrogen-bond donors (Lipinski definition) is 0. The molecule has 0 unspecified atom stereocenters. The first kappa shape index (κ1) is 18.8.